The average molecular weight is 245 g/mol. The number of benzene rings is 1. The van der Waals surface area contributed by atoms with Crippen molar-refractivity contribution in [1.82, 2.24) is 5.32 Å². The molecule has 1 aromatic heterocycles. The fourth-order valence-electron chi connectivity index (χ4n) is 2.00. The fraction of sp³-hybridized carbons (Fsp3) is 0.333. The van der Waals surface area contributed by atoms with E-state index in [2.05, 4.69) is 25.2 Å². The Hall–Kier alpha value is -1.74. The van der Waals surface area contributed by atoms with E-state index in [9.17, 15) is 0 Å². The van der Waals surface area contributed by atoms with E-state index < -0.39 is 0 Å². The number of ether oxygens (including phenoxy) is 1. The molecule has 1 unspecified atom stereocenters. The van der Waals surface area contributed by atoms with Gasteiger partial charge in [-0.1, -0.05) is 12.1 Å². The van der Waals surface area contributed by atoms with Crippen LogP contribution in [0.2, 0.25) is 0 Å². The Bertz CT molecular complexity index is 479. The number of hydrogen-bond acceptors (Lipinski definition) is 3. The van der Waals surface area contributed by atoms with Crippen LogP contribution < -0.4 is 10.1 Å². The number of furan rings is 1. The number of hydrogen-bond donors (Lipinski definition) is 1. The van der Waals surface area contributed by atoms with Crippen molar-refractivity contribution in [3.63, 3.8) is 0 Å². The second-order valence-electron chi connectivity index (χ2n) is 4.40. The molecule has 0 radical (unpaired) electrons. The Kier molecular flexibility index (Phi) is 4.05. The molecule has 3 nitrogen and oxygen atoms in total. The highest BCUT2D eigenvalue weighted by Crippen LogP contribution is 2.22. The SMILES string of the molecule is COc1cccc(C(C)N[C@H](C)c2ccco2)c1. The van der Waals surface area contributed by atoms with Crippen LogP contribution in [0, 0.1) is 0 Å². The number of methoxy groups -OCH3 is 1. The maximum atomic E-state index is 5.39. The first-order valence-corrected chi connectivity index (χ1v) is 6.14. The van der Waals surface area contributed by atoms with E-state index in [0.717, 1.165) is 11.5 Å². The summed E-state index contributed by atoms with van der Waals surface area (Å²) >= 11 is 0. The molecule has 96 valence electrons. The molecule has 0 amide bonds. The normalized spacial score (nSPS) is 14.2. The van der Waals surface area contributed by atoms with Gasteiger partial charge in [-0.25, -0.2) is 0 Å². The minimum absolute atomic E-state index is 0.182. The second kappa shape index (κ2) is 5.74. The first kappa shape index (κ1) is 12.7. The molecule has 1 N–H and O–H groups in total. The van der Waals surface area contributed by atoms with E-state index >= 15 is 0 Å². The molecule has 0 saturated heterocycles. The maximum Gasteiger partial charge on any atom is 0.120 e. The van der Waals surface area contributed by atoms with Gasteiger partial charge in [0.2, 0.25) is 0 Å². The van der Waals surface area contributed by atoms with Gasteiger partial charge in [0.15, 0.2) is 0 Å². The molecule has 1 aromatic carbocycles. The molecule has 0 fully saturated rings. The van der Waals surface area contributed by atoms with Crippen LogP contribution >= 0.6 is 0 Å². The summed E-state index contributed by atoms with van der Waals surface area (Å²) in [6.07, 6.45) is 1.70. The smallest absolute Gasteiger partial charge is 0.120 e. The van der Waals surface area contributed by atoms with Crippen LogP contribution in [0.5, 0.6) is 5.75 Å². The summed E-state index contributed by atoms with van der Waals surface area (Å²) in [5, 5.41) is 3.50. The summed E-state index contributed by atoms with van der Waals surface area (Å²) in [7, 11) is 1.68. The summed E-state index contributed by atoms with van der Waals surface area (Å²) < 4.78 is 10.6. The van der Waals surface area contributed by atoms with Crippen molar-refractivity contribution in [2.45, 2.75) is 25.9 Å². The molecule has 0 aliphatic carbocycles. The van der Waals surface area contributed by atoms with Crippen molar-refractivity contribution < 1.29 is 9.15 Å². The summed E-state index contributed by atoms with van der Waals surface area (Å²) in [5.74, 6) is 1.83. The molecular formula is C15H19NO2. The second-order valence-corrected chi connectivity index (χ2v) is 4.40. The van der Waals surface area contributed by atoms with E-state index in [1.807, 2.05) is 30.3 Å². The molecule has 0 spiro atoms. The van der Waals surface area contributed by atoms with E-state index in [-0.39, 0.29) is 12.1 Å². The van der Waals surface area contributed by atoms with Gasteiger partial charge in [-0.2, -0.15) is 0 Å². The molecule has 0 saturated carbocycles. The van der Waals surface area contributed by atoms with Gasteiger partial charge < -0.3 is 14.5 Å². The lowest BCUT2D eigenvalue weighted by Gasteiger charge is -2.19. The Balaban J connectivity index is 2.04. The van der Waals surface area contributed by atoms with Gasteiger partial charge in [-0.05, 0) is 43.7 Å². The molecular weight excluding hydrogens is 226 g/mol. The number of nitrogens with one attached hydrogen (secondary N) is 1. The van der Waals surface area contributed by atoms with Gasteiger partial charge in [0, 0.05) is 6.04 Å². The lowest BCUT2D eigenvalue weighted by molar-refractivity contribution is 0.398. The molecule has 3 heteroatoms. The maximum absolute atomic E-state index is 5.39. The minimum atomic E-state index is 0.182. The van der Waals surface area contributed by atoms with Gasteiger partial charge in [0.25, 0.3) is 0 Å². The minimum Gasteiger partial charge on any atom is -0.497 e. The van der Waals surface area contributed by atoms with E-state index in [4.69, 9.17) is 9.15 Å². The largest absolute Gasteiger partial charge is 0.497 e. The van der Waals surface area contributed by atoms with Crippen LogP contribution in [0.3, 0.4) is 0 Å². The number of rotatable bonds is 5. The first-order chi connectivity index (χ1) is 8.70. The topological polar surface area (TPSA) is 34.4 Å². The van der Waals surface area contributed by atoms with Crippen LogP contribution in [-0.2, 0) is 0 Å². The molecule has 2 aromatic rings. The summed E-state index contributed by atoms with van der Waals surface area (Å²) in [6.45, 7) is 4.23. The van der Waals surface area contributed by atoms with Gasteiger partial charge >= 0.3 is 0 Å². The predicted octanol–water partition coefficient (Wildman–Crippen LogP) is 3.70. The summed E-state index contributed by atoms with van der Waals surface area (Å²) in [5.41, 5.74) is 1.20. The van der Waals surface area contributed by atoms with Crippen molar-refractivity contribution in [3.05, 3.63) is 54.0 Å². The molecule has 18 heavy (non-hydrogen) atoms. The molecule has 2 rings (SSSR count). The third kappa shape index (κ3) is 2.93. The van der Waals surface area contributed by atoms with Crippen LogP contribution in [0.25, 0.3) is 0 Å². The highest BCUT2D eigenvalue weighted by molar-refractivity contribution is 5.30. The Morgan fingerprint density at radius 2 is 1.94 bits per heavy atom. The van der Waals surface area contributed by atoms with Gasteiger partial charge in [-0.15, -0.1) is 0 Å². The van der Waals surface area contributed by atoms with Gasteiger partial charge in [0.1, 0.15) is 11.5 Å². The van der Waals surface area contributed by atoms with Crippen LogP contribution in [0.4, 0.5) is 0 Å². The highest BCUT2D eigenvalue weighted by Gasteiger charge is 2.13. The van der Waals surface area contributed by atoms with Crippen molar-refractivity contribution >= 4 is 0 Å². The van der Waals surface area contributed by atoms with Gasteiger partial charge in [0.05, 0.1) is 19.4 Å². The standard InChI is InChI=1S/C15H19NO2/c1-11(13-6-4-7-14(10-13)17-3)16-12(2)15-8-5-9-18-15/h4-12,16H,1-3H3/t11?,12-/m1/s1. The quantitative estimate of drug-likeness (QED) is 0.872. The predicted molar refractivity (Wildman–Crippen MR) is 71.7 cm³/mol. The average Bonchev–Trinajstić information content (AvgIpc) is 2.92. The third-order valence-electron chi connectivity index (χ3n) is 3.06. The zero-order chi connectivity index (χ0) is 13.0. The summed E-state index contributed by atoms with van der Waals surface area (Å²) in [6, 6.07) is 12.4. The molecule has 0 aliphatic heterocycles. The Labute approximate surface area is 108 Å². The highest BCUT2D eigenvalue weighted by atomic mass is 16.5. The lowest BCUT2D eigenvalue weighted by atomic mass is 10.1. The molecule has 0 aliphatic rings. The zero-order valence-corrected chi connectivity index (χ0v) is 11.0. The zero-order valence-electron chi connectivity index (χ0n) is 11.0. The lowest BCUT2D eigenvalue weighted by Crippen LogP contribution is -2.22. The Morgan fingerprint density at radius 1 is 1.11 bits per heavy atom. The van der Waals surface area contributed by atoms with Crippen molar-refractivity contribution in [3.8, 4) is 5.75 Å². The third-order valence-corrected chi connectivity index (χ3v) is 3.06. The molecule has 2 atom stereocenters. The van der Waals surface area contributed by atoms with E-state index in [1.165, 1.54) is 5.56 Å². The van der Waals surface area contributed by atoms with Gasteiger partial charge in [-0.3, -0.25) is 0 Å². The van der Waals surface area contributed by atoms with Crippen LogP contribution in [0.1, 0.15) is 37.3 Å². The summed E-state index contributed by atoms with van der Waals surface area (Å²) in [4.78, 5) is 0. The van der Waals surface area contributed by atoms with Crippen molar-refractivity contribution in [2.24, 2.45) is 0 Å². The Morgan fingerprint density at radius 3 is 2.61 bits per heavy atom. The van der Waals surface area contributed by atoms with Crippen LogP contribution in [-0.4, -0.2) is 7.11 Å². The molecule has 0 bridgehead atoms. The monoisotopic (exact) mass is 245 g/mol. The van der Waals surface area contributed by atoms with E-state index in [1.54, 1.807) is 13.4 Å². The van der Waals surface area contributed by atoms with Crippen molar-refractivity contribution in [2.75, 3.05) is 7.11 Å². The molecule has 1 heterocycles. The van der Waals surface area contributed by atoms with Crippen LogP contribution in [0.15, 0.2) is 47.1 Å². The van der Waals surface area contributed by atoms with Crippen molar-refractivity contribution in [1.29, 1.82) is 0 Å². The fourth-order valence-corrected chi connectivity index (χ4v) is 2.00. The first-order valence-electron chi connectivity index (χ1n) is 6.14. The van der Waals surface area contributed by atoms with E-state index in [0.29, 0.717) is 0 Å².